The van der Waals surface area contributed by atoms with Gasteiger partial charge in [-0.2, -0.15) is 0 Å². The van der Waals surface area contributed by atoms with E-state index in [0.717, 1.165) is 25.0 Å². The van der Waals surface area contributed by atoms with Gasteiger partial charge in [0.05, 0.1) is 7.11 Å². The van der Waals surface area contributed by atoms with E-state index in [9.17, 15) is 0 Å². The van der Waals surface area contributed by atoms with E-state index in [1.807, 2.05) is 13.1 Å². The van der Waals surface area contributed by atoms with E-state index < -0.39 is 0 Å². The van der Waals surface area contributed by atoms with Crippen molar-refractivity contribution in [1.29, 1.82) is 0 Å². The molecule has 21 heavy (non-hydrogen) atoms. The number of benzene rings is 2. The molecule has 1 N–H and O–H groups in total. The summed E-state index contributed by atoms with van der Waals surface area (Å²) in [6.07, 6.45) is 3.27. The van der Waals surface area contributed by atoms with Crippen LogP contribution in [0.2, 0.25) is 0 Å². The molecule has 0 fully saturated rings. The Labute approximate surface area is 128 Å². The lowest BCUT2D eigenvalue weighted by atomic mass is 9.98. The number of ether oxygens (including phenoxy) is 1. The molecule has 2 aromatic carbocycles. The first-order chi connectivity index (χ1) is 10.2. The van der Waals surface area contributed by atoms with Crippen molar-refractivity contribution in [3.05, 3.63) is 65.2 Å². The van der Waals surface area contributed by atoms with Crippen LogP contribution in [0, 0.1) is 6.92 Å². The van der Waals surface area contributed by atoms with Gasteiger partial charge in [-0.25, -0.2) is 0 Å². The number of hydrogen-bond donors (Lipinski definition) is 1. The van der Waals surface area contributed by atoms with Gasteiger partial charge in [0.2, 0.25) is 0 Å². The normalized spacial score (nSPS) is 12.1. The van der Waals surface area contributed by atoms with Crippen molar-refractivity contribution in [2.45, 2.75) is 32.2 Å². The number of likely N-dealkylation sites (N-methyl/N-ethyl adjacent to an activating group) is 1. The number of aryl methyl sites for hydroxylation is 2. The van der Waals surface area contributed by atoms with Crippen LogP contribution in [0.15, 0.2) is 48.5 Å². The summed E-state index contributed by atoms with van der Waals surface area (Å²) in [4.78, 5) is 0. The Kier molecular flexibility index (Phi) is 5.82. The fraction of sp³-hybridized carbons (Fsp3) is 0.368. The molecule has 0 aliphatic heterocycles. The summed E-state index contributed by atoms with van der Waals surface area (Å²) in [5.74, 6) is 0.931. The van der Waals surface area contributed by atoms with Crippen LogP contribution in [0.25, 0.3) is 0 Å². The summed E-state index contributed by atoms with van der Waals surface area (Å²) in [7, 11) is 3.76. The van der Waals surface area contributed by atoms with Crippen molar-refractivity contribution in [2.24, 2.45) is 0 Å². The van der Waals surface area contributed by atoms with Crippen LogP contribution in [0.3, 0.4) is 0 Å². The van der Waals surface area contributed by atoms with Gasteiger partial charge >= 0.3 is 0 Å². The third-order valence-corrected chi connectivity index (χ3v) is 3.93. The van der Waals surface area contributed by atoms with Crippen molar-refractivity contribution in [2.75, 3.05) is 14.2 Å². The molecule has 2 aromatic rings. The van der Waals surface area contributed by atoms with E-state index in [-0.39, 0.29) is 0 Å². The van der Waals surface area contributed by atoms with Crippen LogP contribution in [0.5, 0.6) is 5.75 Å². The molecule has 0 aromatic heterocycles. The Morgan fingerprint density at radius 2 is 1.81 bits per heavy atom. The lowest BCUT2D eigenvalue weighted by Gasteiger charge is -2.17. The first kappa shape index (κ1) is 15.6. The van der Waals surface area contributed by atoms with Gasteiger partial charge in [-0.15, -0.1) is 0 Å². The lowest BCUT2D eigenvalue weighted by molar-refractivity contribution is 0.413. The Morgan fingerprint density at radius 3 is 2.48 bits per heavy atom. The van der Waals surface area contributed by atoms with Crippen molar-refractivity contribution in [1.82, 2.24) is 5.32 Å². The van der Waals surface area contributed by atoms with Gasteiger partial charge in [-0.05, 0) is 56.5 Å². The molecule has 0 heterocycles. The van der Waals surface area contributed by atoms with E-state index >= 15 is 0 Å². The molecule has 0 aliphatic carbocycles. The predicted molar refractivity (Wildman–Crippen MR) is 89.0 cm³/mol. The molecule has 1 atom stereocenters. The van der Waals surface area contributed by atoms with Crippen LogP contribution in [0.4, 0.5) is 0 Å². The third-order valence-electron chi connectivity index (χ3n) is 3.93. The van der Waals surface area contributed by atoms with Crippen LogP contribution in [-0.2, 0) is 12.8 Å². The number of nitrogens with one attached hydrogen (secondary N) is 1. The quantitative estimate of drug-likeness (QED) is 0.835. The average molecular weight is 283 g/mol. The highest BCUT2D eigenvalue weighted by atomic mass is 16.5. The highest BCUT2D eigenvalue weighted by Crippen LogP contribution is 2.16. The third kappa shape index (κ3) is 4.91. The molecule has 0 bridgehead atoms. The lowest BCUT2D eigenvalue weighted by Crippen LogP contribution is -2.28. The number of hydrogen-bond acceptors (Lipinski definition) is 2. The topological polar surface area (TPSA) is 21.3 Å². The second kappa shape index (κ2) is 7.84. The Bertz CT molecular complexity index is 548. The highest BCUT2D eigenvalue weighted by molar-refractivity contribution is 5.29. The van der Waals surface area contributed by atoms with Crippen molar-refractivity contribution in [3.8, 4) is 5.75 Å². The number of rotatable bonds is 7. The molecular weight excluding hydrogens is 258 g/mol. The molecule has 0 amide bonds. The molecule has 0 spiro atoms. The zero-order valence-corrected chi connectivity index (χ0v) is 13.2. The summed E-state index contributed by atoms with van der Waals surface area (Å²) in [5, 5.41) is 3.43. The van der Waals surface area contributed by atoms with Gasteiger partial charge in [-0.1, -0.05) is 42.0 Å². The monoisotopic (exact) mass is 283 g/mol. The molecule has 0 radical (unpaired) electrons. The fourth-order valence-electron chi connectivity index (χ4n) is 2.53. The van der Waals surface area contributed by atoms with E-state index in [1.54, 1.807) is 7.11 Å². The summed E-state index contributed by atoms with van der Waals surface area (Å²) in [6, 6.07) is 17.7. The van der Waals surface area contributed by atoms with Gasteiger partial charge in [0, 0.05) is 6.04 Å². The summed E-state index contributed by atoms with van der Waals surface area (Å²) >= 11 is 0. The highest BCUT2D eigenvalue weighted by Gasteiger charge is 2.08. The molecule has 0 aliphatic rings. The van der Waals surface area contributed by atoms with Crippen molar-refractivity contribution in [3.63, 3.8) is 0 Å². The smallest absolute Gasteiger partial charge is 0.119 e. The SMILES string of the molecule is CNC(CCc1ccc(C)cc1)Cc1cccc(OC)c1. The summed E-state index contributed by atoms with van der Waals surface area (Å²) in [5.41, 5.74) is 4.05. The number of methoxy groups -OCH3 is 1. The molecule has 2 heteroatoms. The van der Waals surface area contributed by atoms with E-state index in [0.29, 0.717) is 6.04 Å². The first-order valence-electron chi connectivity index (χ1n) is 7.57. The fourth-order valence-corrected chi connectivity index (χ4v) is 2.53. The predicted octanol–water partition coefficient (Wildman–Crippen LogP) is 3.77. The van der Waals surface area contributed by atoms with Gasteiger partial charge in [0.1, 0.15) is 5.75 Å². The minimum absolute atomic E-state index is 0.485. The molecule has 1 unspecified atom stereocenters. The standard InChI is InChI=1S/C19H25NO/c1-15-7-9-16(10-8-15)11-12-18(20-2)13-17-5-4-6-19(14-17)21-3/h4-10,14,18,20H,11-13H2,1-3H3. The molecule has 0 saturated heterocycles. The molecule has 112 valence electrons. The van der Waals surface area contributed by atoms with Gasteiger partial charge < -0.3 is 10.1 Å². The zero-order valence-electron chi connectivity index (χ0n) is 13.2. The second-order valence-corrected chi connectivity index (χ2v) is 5.57. The van der Waals surface area contributed by atoms with Crippen molar-refractivity contribution < 1.29 is 4.74 Å². The molecule has 2 rings (SSSR count). The van der Waals surface area contributed by atoms with Gasteiger partial charge in [0.15, 0.2) is 0 Å². The maximum atomic E-state index is 5.29. The van der Waals surface area contributed by atoms with Crippen LogP contribution in [-0.4, -0.2) is 20.2 Å². The molecule has 2 nitrogen and oxygen atoms in total. The zero-order chi connectivity index (χ0) is 15.1. The Morgan fingerprint density at radius 1 is 1.05 bits per heavy atom. The van der Waals surface area contributed by atoms with Gasteiger partial charge in [-0.3, -0.25) is 0 Å². The Hall–Kier alpha value is -1.80. The maximum Gasteiger partial charge on any atom is 0.119 e. The maximum absolute atomic E-state index is 5.29. The van der Waals surface area contributed by atoms with E-state index in [1.165, 1.54) is 16.7 Å². The van der Waals surface area contributed by atoms with Gasteiger partial charge in [0.25, 0.3) is 0 Å². The summed E-state index contributed by atoms with van der Waals surface area (Å²) < 4.78 is 5.29. The van der Waals surface area contributed by atoms with Crippen LogP contribution >= 0.6 is 0 Å². The largest absolute Gasteiger partial charge is 0.497 e. The second-order valence-electron chi connectivity index (χ2n) is 5.57. The minimum atomic E-state index is 0.485. The minimum Gasteiger partial charge on any atom is -0.497 e. The van der Waals surface area contributed by atoms with E-state index in [4.69, 9.17) is 4.74 Å². The van der Waals surface area contributed by atoms with Crippen LogP contribution < -0.4 is 10.1 Å². The van der Waals surface area contributed by atoms with Crippen molar-refractivity contribution >= 4 is 0 Å². The molecule has 0 saturated carbocycles. The van der Waals surface area contributed by atoms with E-state index in [2.05, 4.69) is 54.7 Å². The average Bonchev–Trinajstić information content (AvgIpc) is 2.53. The first-order valence-corrected chi connectivity index (χ1v) is 7.57. The Balaban J connectivity index is 1.91. The van der Waals surface area contributed by atoms with Crippen LogP contribution in [0.1, 0.15) is 23.1 Å². The molecular formula is C19H25NO. The summed E-state index contributed by atoms with van der Waals surface area (Å²) in [6.45, 7) is 2.13.